The number of benzene rings is 1. The Kier molecular flexibility index (Phi) is 5.80. The van der Waals surface area contributed by atoms with Crippen molar-refractivity contribution in [2.24, 2.45) is 0 Å². The van der Waals surface area contributed by atoms with Gasteiger partial charge in [-0.05, 0) is 43.7 Å². The lowest BCUT2D eigenvalue weighted by molar-refractivity contribution is 0.0527. The van der Waals surface area contributed by atoms with Crippen LogP contribution in [0.15, 0.2) is 54.9 Å². The fourth-order valence-corrected chi connectivity index (χ4v) is 3.32. The summed E-state index contributed by atoms with van der Waals surface area (Å²) in [4.78, 5) is 34.1. The van der Waals surface area contributed by atoms with Gasteiger partial charge in [0.2, 0.25) is 0 Å². The van der Waals surface area contributed by atoms with Gasteiger partial charge in [0.1, 0.15) is 22.5 Å². The Labute approximate surface area is 184 Å². The lowest BCUT2D eigenvalue weighted by atomic mass is 10.1. The first-order valence-corrected chi connectivity index (χ1v) is 9.95. The van der Waals surface area contributed by atoms with E-state index in [1.54, 1.807) is 32.2 Å². The van der Waals surface area contributed by atoms with Gasteiger partial charge in [-0.3, -0.25) is 9.78 Å². The molecule has 0 spiro atoms. The van der Waals surface area contributed by atoms with Crippen LogP contribution in [-0.4, -0.2) is 45.3 Å². The third kappa shape index (κ3) is 3.87. The molecule has 4 aromatic rings. The molecule has 0 bridgehead atoms. The van der Waals surface area contributed by atoms with Crippen LogP contribution in [0.2, 0.25) is 0 Å². The summed E-state index contributed by atoms with van der Waals surface area (Å²) < 4.78 is 12.0. The van der Waals surface area contributed by atoms with Crippen LogP contribution in [0.5, 0.6) is 5.75 Å². The number of carbonyl (C=O) groups excluding carboxylic acids is 2. The number of para-hydroxylation sites is 1. The molecule has 0 unspecified atom stereocenters. The van der Waals surface area contributed by atoms with Crippen LogP contribution >= 0.6 is 0 Å². The first kappa shape index (κ1) is 21.0. The molecule has 1 N–H and O–H groups in total. The van der Waals surface area contributed by atoms with Gasteiger partial charge < -0.3 is 14.8 Å². The van der Waals surface area contributed by atoms with E-state index < -0.39 is 11.9 Å². The van der Waals surface area contributed by atoms with E-state index in [0.29, 0.717) is 17.1 Å². The normalized spacial score (nSPS) is 10.7. The molecule has 3 heterocycles. The number of esters is 1. The minimum Gasteiger partial charge on any atom is -0.494 e. The van der Waals surface area contributed by atoms with Crippen LogP contribution in [0.3, 0.4) is 0 Å². The lowest BCUT2D eigenvalue weighted by Crippen LogP contribution is -2.19. The minimum atomic E-state index is -0.606. The Morgan fingerprint density at radius 3 is 2.72 bits per heavy atom. The number of hydrogen-bond acceptors (Lipinski definition) is 7. The predicted molar refractivity (Wildman–Crippen MR) is 118 cm³/mol. The zero-order chi connectivity index (χ0) is 22.7. The zero-order valence-corrected chi connectivity index (χ0v) is 17.8. The van der Waals surface area contributed by atoms with E-state index in [-0.39, 0.29) is 23.7 Å². The highest BCUT2D eigenvalue weighted by atomic mass is 16.5. The zero-order valence-electron chi connectivity index (χ0n) is 17.8. The molecule has 0 atom stereocenters. The van der Waals surface area contributed by atoms with Gasteiger partial charge in [-0.15, -0.1) is 0 Å². The third-order valence-electron chi connectivity index (χ3n) is 4.83. The number of hydrogen-bond donors (Lipinski definition) is 1. The van der Waals surface area contributed by atoms with E-state index in [0.717, 1.165) is 10.9 Å². The highest BCUT2D eigenvalue weighted by Gasteiger charge is 2.23. The van der Waals surface area contributed by atoms with E-state index in [2.05, 4.69) is 15.4 Å². The van der Waals surface area contributed by atoms with Crippen LogP contribution in [-0.2, 0) is 4.74 Å². The molecule has 9 heteroatoms. The van der Waals surface area contributed by atoms with E-state index in [9.17, 15) is 9.59 Å². The average molecular weight is 431 g/mol. The Balaban J connectivity index is 1.86. The second-order valence-electron chi connectivity index (χ2n) is 6.86. The molecule has 1 aromatic carbocycles. The Hall–Kier alpha value is -4.27. The number of pyridine rings is 2. The quantitative estimate of drug-likeness (QED) is 0.465. The number of aryl methyl sites for hydroxylation is 1. The molecule has 0 saturated heterocycles. The molecule has 4 rings (SSSR count). The van der Waals surface area contributed by atoms with Crippen LogP contribution in [0.1, 0.15) is 33.3 Å². The molecule has 0 aliphatic rings. The maximum atomic E-state index is 12.8. The van der Waals surface area contributed by atoms with Gasteiger partial charge in [-0.25, -0.2) is 9.78 Å². The summed E-state index contributed by atoms with van der Waals surface area (Å²) in [6, 6.07) is 12.5. The van der Waals surface area contributed by atoms with Gasteiger partial charge in [0, 0.05) is 11.6 Å². The van der Waals surface area contributed by atoms with Crippen molar-refractivity contribution in [2.45, 2.75) is 13.8 Å². The Morgan fingerprint density at radius 2 is 2.00 bits per heavy atom. The second kappa shape index (κ2) is 8.84. The van der Waals surface area contributed by atoms with Crippen molar-refractivity contribution < 1.29 is 19.1 Å². The van der Waals surface area contributed by atoms with Crippen LogP contribution in [0, 0.1) is 6.92 Å². The van der Waals surface area contributed by atoms with Gasteiger partial charge in [-0.2, -0.15) is 9.78 Å². The number of nitrogens with zero attached hydrogens (tertiary/aromatic N) is 4. The maximum Gasteiger partial charge on any atom is 0.343 e. The Morgan fingerprint density at radius 1 is 1.16 bits per heavy atom. The van der Waals surface area contributed by atoms with Crippen molar-refractivity contribution in [1.82, 2.24) is 19.7 Å². The number of carbonyl (C=O) groups is 2. The van der Waals surface area contributed by atoms with Gasteiger partial charge in [0.25, 0.3) is 5.91 Å². The van der Waals surface area contributed by atoms with Crippen molar-refractivity contribution in [3.8, 4) is 11.6 Å². The van der Waals surface area contributed by atoms with E-state index in [4.69, 9.17) is 14.5 Å². The standard InChI is InChI=1S/C23H21N5O4/c1-4-32-23(30)16-13-25-28(21(16)27-22(29)17-9-5-6-11-24-17)19-12-14(2)15-8-7-10-18(31-3)20(15)26-19/h5-13H,4H2,1-3H3,(H,27,29). The number of fused-ring (bicyclic) bond motifs is 1. The second-order valence-corrected chi connectivity index (χ2v) is 6.86. The fraction of sp³-hybridized carbons (Fsp3) is 0.174. The third-order valence-corrected chi connectivity index (χ3v) is 4.83. The largest absolute Gasteiger partial charge is 0.494 e. The van der Waals surface area contributed by atoms with E-state index in [1.165, 1.54) is 17.1 Å². The summed E-state index contributed by atoms with van der Waals surface area (Å²) in [6.07, 6.45) is 2.86. The van der Waals surface area contributed by atoms with E-state index >= 15 is 0 Å². The van der Waals surface area contributed by atoms with Gasteiger partial charge in [0.05, 0.1) is 19.9 Å². The number of amides is 1. The number of rotatable bonds is 6. The molecule has 3 aromatic heterocycles. The van der Waals surface area contributed by atoms with Gasteiger partial charge in [0.15, 0.2) is 11.6 Å². The van der Waals surface area contributed by atoms with Crippen LogP contribution < -0.4 is 10.1 Å². The summed E-state index contributed by atoms with van der Waals surface area (Å²) in [5.41, 5.74) is 1.87. The summed E-state index contributed by atoms with van der Waals surface area (Å²) in [7, 11) is 1.57. The molecule has 0 aliphatic carbocycles. The molecule has 9 nitrogen and oxygen atoms in total. The van der Waals surface area contributed by atoms with Crippen molar-refractivity contribution >= 4 is 28.6 Å². The first-order chi connectivity index (χ1) is 15.5. The van der Waals surface area contributed by atoms with Crippen molar-refractivity contribution in [3.05, 3.63) is 71.7 Å². The summed E-state index contributed by atoms with van der Waals surface area (Å²) >= 11 is 0. The highest BCUT2D eigenvalue weighted by Crippen LogP contribution is 2.29. The van der Waals surface area contributed by atoms with Crippen LogP contribution in [0.25, 0.3) is 16.7 Å². The van der Waals surface area contributed by atoms with Crippen molar-refractivity contribution in [3.63, 3.8) is 0 Å². The molecule has 162 valence electrons. The number of nitrogens with one attached hydrogen (secondary N) is 1. The number of aromatic nitrogens is 4. The smallest absolute Gasteiger partial charge is 0.343 e. The average Bonchev–Trinajstić information content (AvgIpc) is 3.23. The minimum absolute atomic E-state index is 0.107. The summed E-state index contributed by atoms with van der Waals surface area (Å²) in [5.74, 6) is 0.0501. The summed E-state index contributed by atoms with van der Waals surface area (Å²) in [5, 5.41) is 7.97. The van der Waals surface area contributed by atoms with Crippen LogP contribution in [0.4, 0.5) is 5.82 Å². The lowest BCUT2D eigenvalue weighted by Gasteiger charge is -2.13. The first-order valence-electron chi connectivity index (χ1n) is 9.95. The molecular weight excluding hydrogens is 410 g/mol. The number of methoxy groups -OCH3 is 1. The number of ether oxygens (including phenoxy) is 2. The summed E-state index contributed by atoms with van der Waals surface area (Å²) in [6.45, 7) is 3.83. The molecule has 0 radical (unpaired) electrons. The van der Waals surface area contributed by atoms with E-state index in [1.807, 2.05) is 31.2 Å². The molecule has 0 aliphatic heterocycles. The number of anilines is 1. The predicted octanol–water partition coefficient (Wildman–Crippen LogP) is 3.56. The Bertz CT molecular complexity index is 1300. The molecule has 32 heavy (non-hydrogen) atoms. The van der Waals surface area contributed by atoms with Gasteiger partial charge >= 0.3 is 5.97 Å². The topological polar surface area (TPSA) is 108 Å². The molecule has 0 fully saturated rings. The molecule has 1 amide bonds. The highest BCUT2D eigenvalue weighted by molar-refractivity contribution is 6.06. The monoisotopic (exact) mass is 431 g/mol. The van der Waals surface area contributed by atoms with Gasteiger partial charge in [-0.1, -0.05) is 18.2 Å². The SMILES string of the molecule is CCOC(=O)c1cnn(-c2cc(C)c3cccc(OC)c3n2)c1NC(=O)c1ccccn1. The molecule has 0 saturated carbocycles. The maximum absolute atomic E-state index is 12.8. The molecular formula is C23H21N5O4. The van der Waals surface area contributed by atoms with Crippen molar-refractivity contribution in [1.29, 1.82) is 0 Å². The fourth-order valence-electron chi connectivity index (χ4n) is 3.32. The van der Waals surface area contributed by atoms with Crippen molar-refractivity contribution in [2.75, 3.05) is 19.0 Å².